The third kappa shape index (κ3) is 1.80. The zero-order chi connectivity index (χ0) is 11.3. The first-order valence-corrected chi connectivity index (χ1v) is 6.92. The molecule has 3 aliphatic rings. The fraction of sp³-hybridized carbons (Fsp3) is 1.00. The molecule has 92 valence electrons. The molecule has 0 unspecified atom stereocenters. The van der Waals surface area contributed by atoms with Crippen molar-refractivity contribution < 1.29 is 4.74 Å². The van der Waals surface area contributed by atoms with Crippen LogP contribution < -0.4 is 5.32 Å². The van der Waals surface area contributed by atoms with Crippen LogP contribution in [0.2, 0.25) is 0 Å². The first-order valence-electron chi connectivity index (χ1n) is 6.92. The van der Waals surface area contributed by atoms with Gasteiger partial charge in [0.15, 0.2) is 0 Å². The second kappa shape index (κ2) is 3.46. The molecule has 2 spiro atoms. The van der Waals surface area contributed by atoms with Crippen molar-refractivity contribution in [3.05, 3.63) is 0 Å². The smallest absolute Gasteiger partial charge is 0.119 e. The summed E-state index contributed by atoms with van der Waals surface area (Å²) in [5.41, 5.74) is 1.11. The minimum atomic E-state index is 0.0519. The average Bonchev–Trinajstić information content (AvgIpc) is 2.22. The van der Waals surface area contributed by atoms with Crippen molar-refractivity contribution in [2.75, 3.05) is 13.2 Å². The highest BCUT2D eigenvalue weighted by Gasteiger charge is 2.48. The number of nitrogens with one attached hydrogen (secondary N) is 1. The van der Waals surface area contributed by atoms with Gasteiger partial charge in [0.05, 0.1) is 6.61 Å². The van der Waals surface area contributed by atoms with E-state index in [-0.39, 0.29) is 5.72 Å². The van der Waals surface area contributed by atoms with Crippen LogP contribution in [0.5, 0.6) is 0 Å². The molecule has 2 aliphatic carbocycles. The van der Waals surface area contributed by atoms with Crippen LogP contribution in [0.4, 0.5) is 0 Å². The molecule has 3 fully saturated rings. The molecule has 0 aromatic carbocycles. The normalized spacial score (nSPS) is 34.9. The highest BCUT2D eigenvalue weighted by molar-refractivity contribution is 4.98. The number of rotatable bonds is 0. The van der Waals surface area contributed by atoms with E-state index in [2.05, 4.69) is 19.2 Å². The van der Waals surface area contributed by atoms with E-state index in [4.69, 9.17) is 4.74 Å². The Labute approximate surface area is 99.1 Å². The molecule has 0 aromatic rings. The maximum Gasteiger partial charge on any atom is 0.119 e. The summed E-state index contributed by atoms with van der Waals surface area (Å²) in [6.07, 6.45) is 9.17. The first kappa shape index (κ1) is 11.0. The van der Waals surface area contributed by atoms with Gasteiger partial charge >= 0.3 is 0 Å². The molecule has 1 heterocycles. The minimum Gasteiger partial charge on any atom is -0.360 e. The molecule has 2 nitrogen and oxygen atoms in total. The van der Waals surface area contributed by atoms with Crippen LogP contribution in [-0.4, -0.2) is 18.9 Å². The van der Waals surface area contributed by atoms with Crippen LogP contribution in [0.25, 0.3) is 0 Å². The Balaban J connectivity index is 1.60. The van der Waals surface area contributed by atoms with E-state index in [0.717, 1.165) is 6.61 Å². The van der Waals surface area contributed by atoms with Gasteiger partial charge in [-0.1, -0.05) is 20.3 Å². The lowest BCUT2D eigenvalue weighted by molar-refractivity contribution is -0.186. The van der Waals surface area contributed by atoms with Gasteiger partial charge < -0.3 is 4.74 Å². The number of hydrogen-bond acceptors (Lipinski definition) is 2. The first-order chi connectivity index (χ1) is 7.54. The van der Waals surface area contributed by atoms with Gasteiger partial charge in [-0.05, 0) is 43.9 Å². The Morgan fingerprint density at radius 2 is 1.62 bits per heavy atom. The topological polar surface area (TPSA) is 21.3 Å². The highest BCUT2D eigenvalue weighted by Crippen LogP contribution is 2.48. The highest BCUT2D eigenvalue weighted by atomic mass is 16.5. The summed E-state index contributed by atoms with van der Waals surface area (Å²) in [5.74, 6) is 0. The maximum absolute atomic E-state index is 6.25. The lowest BCUT2D eigenvalue weighted by Crippen LogP contribution is -2.62. The predicted octanol–water partition coefficient (Wildman–Crippen LogP) is 3.07. The van der Waals surface area contributed by atoms with Crippen molar-refractivity contribution in [2.45, 2.75) is 64.5 Å². The van der Waals surface area contributed by atoms with Crippen LogP contribution in [-0.2, 0) is 4.74 Å². The monoisotopic (exact) mass is 223 g/mol. The Morgan fingerprint density at radius 1 is 0.938 bits per heavy atom. The van der Waals surface area contributed by atoms with Gasteiger partial charge in [-0.15, -0.1) is 0 Å². The van der Waals surface area contributed by atoms with Crippen molar-refractivity contribution >= 4 is 0 Å². The van der Waals surface area contributed by atoms with Gasteiger partial charge in [-0.25, -0.2) is 0 Å². The van der Waals surface area contributed by atoms with Crippen molar-refractivity contribution in [3.8, 4) is 0 Å². The number of ether oxygens (including phenoxy) is 1. The molecule has 0 atom stereocenters. The van der Waals surface area contributed by atoms with E-state index in [1.807, 2.05) is 0 Å². The largest absolute Gasteiger partial charge is 0.360 e. The summed E-state index contributed by atoms with van der Waals surface area (Å²) in [4.78, 5) is 0. The summed E-state index contributed by atoms with van der Waals surface area (Å²) in [6, 6.07) is 0. The Bertz CT molecular complexity index is 258. The zero-order valence-corrected chi connectivity index (χ0v) is 10.8. The van der Waals surface area contributed by atoms with Crippen LogP contribution in [0.1, 0.15) is 58.8 Å². The quantitative estimate of drug-likeness (QED) is 0.681. The molecule has 0 amide bonds. The molecular formula is C14H25NO. The molecular weight excluding hydrogens is 198 g/mol. The Kier molecular flexibility index (Phi) is 2.38. The summed E-state index contributed by atoms with van der Waals surface area (Å²) < 4.78 is 6.25. The molecule has 1 aliphatic heterocycles. The third-order valence-corrected chi connectivity index (χ3v) is 5.27. The van der Waals surface area contributed by atoms with Crippen molar-refractivity contribution in [3.63, 3.8) is 0 Å². The van der Waals surface area contributed by atoms with Gasteiger partial charge in [0, 0.05) is 12.0 Å². The number of hydrogen-bond donors (Lipinski definition) is 1. The van der Waals surface area contributed by atoms with E-state index < -0.39 is 0 Å². The van der Waals surface area contributed by atoms with Crippen LogP contribution in [0, 0.1) is 10.8 Å². The maximum atomic E-state index is 6.25. The van der Waals surface area contributed by atoms with Crippen molar-refractivity contribution in [1.82, 2.24) is 5.32 Å². The molecule has 0 radical (unpaired) electrons. The van der Waals surface area contributed by atoms with Gasteiger partial charge in [0.1, 0.15) is 5.72 Å². The molecule has 16 heavy (non-hydrogen) atoms. The van der Waals surface area contributed by atoms with Crippen molar-refractivity contribution in [2.24, 2.45) is 10.8 Å². The van der Waals surface area contributed by atoms with Gasteiger partial charge in [0.2, 0.25) is 0 Å². The van der Waals surface area contributed by atoms with Gasteiger partial charge in [-0.2, -0.15) is 0 Å². The minimum absolute atomic E-state index is 0.0519. The van der Waals surface area contributed by atoms with E-state index in [1.54, 1.807) is 0 Å². The average molecular weight is 223 g/mol. The fourth-order valence-corrected chi connectivity index (χ4v) is 3.39. The second-order valence-electron chi connectivity index (χ2n) is 7.15. The summed E-state index contributed by atoms with van der Waals surface area (Å²) in [7, 11) is 0. The van der Waals surface area contributed by atoms with Crippen LogP contribution in [0.3, 0.4) is 0 Å². The van der Waals surface area contributed by atoms with E-state index >= 15 is 0 Å². The SMILES string of the molecule is CC1(C)CCC2(CC1)NCC1(CCC1)CO2. The Hall–Kier alpha value is -0.0800. The molecule has 2 saturated carbocycles. The molecule has 0 bridgehead atoms. The summed E-state index contributed by atoms with van der Waals surface area (Å²) in [6.45, 7) is 6.99. The Morgan fingerprint density at radius 3 is 2.06 bits per heavy atom. The van der Waals surface area contributed by atoms with Gasteiger partial charge in [-0.3, -0.25) is 5.32 Å². The van der Waals surface area contributed by atoms with Crippen LogP contribution in [0.15, 0.2) is 0 Å². The molecule has 3 rings (SSSR count). The lowest BCUT2D eigenvalue weighted by atomic mass is 9.67. The predicted molar refractivity (Wildman–Crippen MR) is 65.2 cm³/mol. The molecule has 1 N–H and O–H groups in total. The zero-order valence-electron chi connectivity index (χ0n) is 10.8. The lowest BCUT2D eigenvalue weighted by Gasteiger charge is -2.54. The third-order valence-electron chi connectivity index (χ3n) is 5.27. The van der Waals surface area contributed by atoms with E-state index in [1.165, 1.54) is 51.5 Å². The molecule has 2 heteroatoms. The van der Waals surface area contributed by atoms with Crippen LogP contribution >= 0.6 is 0 Å². The molecule has 1 saturated heterocycles. The molecule has 0 aromatic heterocycles. The standard InChI is InChI=1S/C14H25NO/c1-12(2)6-8-14(9-7-12)15-10-13(11-16-14)4-3-5-13/h15H,3-11H2,1-2H3. The van der Waals surface area contributed by atoms with Crippen molar-refractivity contribution in [1.29, 1.82) is 0 Å². The van der Waals surface area contributed by atoms with E-state index in [9.17, 15) is 0 Å². The second-order valence-corrected chi connectivity index (χ2v) is 7.15. The summed E-state index contributed by atoms with van der Waals surface area (Å²) >= 11 is 0. The van der Waals surface area contributed by atoms with E-state index in [0.29, 0.717) is 10.8 Å². The van der Waals surface area contributed by atoms with Gasteiger partial charge in [0.25, 0.3) is 0 Å². The fourth-order valence-electron chi connectivity index (χ4n) is 3.39. The summed E-state index contributed by atoms with van der Waals surface area (Å²) in [5, 5.41) is 3.74.